The van der Waals surface area contributed by atoms with Gasteiger partial charge in [0.2, 0.25) is 0 Å². The molecule has 5 nitrogen and oxygen atoms in total. The van der Waals surface area contributed by atoms with Crippen molar-refractivity contribution in [3.63, 3.8) is 0 Å². The molecule has 8 heteroatoms. The summed E-state index contributed by atoms with van der Waals surface area (Å²) in [6.07, 6.45) is -1.67. The highest BCUT2D eigenvalue weighted by Crippen LogP contribution is 2.36. The van der Waals surface area contributed by atoms with Crippen LogP contribution in [0.4, 0.5) is 13.2 Å². The van der Waals surface area contributed by atoms with Crippen molar-refractivity contribution in [3.8, 4) is 0 Å². The Labute approximate surface area is 129 Å². The minimum absolute atomic E-state index is 0.0188. The van der Waals surface area contributed by atoms with Crippen molar-refractivity contribution in [2.45, 2.75) is 18.6 Å². The molecule has 23 heavy (non-hydrogen) atoms. The highest BCUT2D eigenvalue weighted by Gasteiger charge is 2.39. The summed E-state index contributed by atoms with van der Waals surface area (Å²) in [6.45, 7) is 2.78. The number of rotatable bonds is 2. The molecular formula is C15H14F3N3O2. The van der Waals surface area contributed by atoms with Crippen LogP contribution < -0.4 is 5.32 Å². The first-order valence-corrected chi connectivity index (χ1v) is 7.40. The van der Waals surface area contributed by atoms with E-state index in [1.807, 2.05) is 0 Å². The van der Waals surface area contributed by atoms with Gasteiger partial charge in [-0.05, 0) is 24.9 Å². The fourth-order valence-corrected chi connectivity index (χ4v) is 3.53. The highest BCUT2D eigenvalue weighted by atomic mass is 19.4. The molecule has 2 aromatic heterocycles. The zero-order valence-corrected chi connectivity index (χ0v) is 12.1. The number of piperidine rings is 1. The van der Waals surface area contributed by atoms with Crippen molar-refractivity contribution >= 4 is 16.9 Å². The van der Waals surface area contributed by atoms with Gasteiger partial charge in [0, 0.05) is 30.7 Å². The lowest BCUT2D eigenvalue weighted by Crippen LogP contribution is -2.43. The van der Waals surface area contributed by atoms with E-state index in [4.69, 9.17) is 4.42 Å². The fraction of sp³-hybridized carbons (Fsp3) is 0.467. The summed E-state index contributed by atoms with van der Waals surface area (Å²) in [5.74, 6) is -0.0853. The van der Waals surface area contributed by atoms with Crippen molar-refractivity contribution in [1.82, 2.24) is 15.2 Å². The summed E-state index contributed by atoms with van der Waals surface area (Å²) >= 11 is 0. The van der Waals surface area contributed by atoms with Crippen LogP contribution in [0, 0.1) is 5.92 Å². The van der Waals surface area contributed by atoms with Gasteiger partial charge in [-0.2, -0.15) is 13.2 Å². The topological polar surface area (TPSA) is 58.4 Å². The number of halogens is 3. The molecule has 2 aromatic rings. The van der Waals surface area contributed by atoms with Gasteiger partial charge in [0.15, 0.2) is 11.3 Å². The quantitative estimate of drug-likeness (QED) is 0.920. The molecule has 0 saturated carbocycles. The number of carbonyl (C=O) groups excluding carboxylic acids is 1. The standard InChI is InChI=1S/C15H14F3N3O2/c16-15(17,18)10-7-23-13-9(10)1-3-19-12(13)14(22)20-11-6-21-4-2-8(11)5-21/h1,3,7-8,11H,2,4-6H2,(H,20,22)/t8-,11?/m0/s1. The van der Waals surface area contributed by atoms with Crippen molar-refractivity contribution in [2.75, 3.05) is 19.6 Å². The first-order chi connectivity index (χ1) is 10.9. The fourth-order valence-electron chi connectivity index (χ4n) is 3.53. The largest absolute Gasteiger partial charge is 0.461 e. The number of hydrogen-bond donors (Lipinski definition) is 1. The van der Waals surface area contributed by atoms with E-state index in [2.05, 4.69) is 15.2 Å². The summed E-state index contributed by atoms with van der Waals surface area (Å²) in [4.78, 5) is 18.6. The van der Waals surface area contributed by atoms with Gasteiger partial charge < -0.3 is 14.6 Å². The van der Waals surface area contributed by atoms with Crippen LogP contribution in [0.3, 0.4) is 0 Å². The van der Waals surface area contributed by atoms with Crippen LogP contribution in [-0.2, 0) is 6.18 Å². The molecule has 2 bridgehead atoms. The van der Waals surface area contributed by atoms with Crippen LogP contribution in [0.25, 0.3) is 11.0 Å². The van der Waals surface area contributed by atoms with Crippen LogP contribution >= 0.6 is 0 Å². The lowest BCUT2D eigenvalue weighted by Gasteiger charge is -2.22. The first kappa shape index (κ1) is 14.5. The molecule has 0 aliphatic carbocycles. The Morgan fingerprint density at radius 1 is 1.39 bits per heavy atom. The third-order valence-corrected chi connectivity index (χ3v) is 4.66. The second-order valence-electron chi connectivity index (χ2n) is 6.07. The highest BCUT2D eigenvalue weighted by molar-refractivity contribution is 6.03. The molecular weight excluding hydrogens is 311 g/mol. The van der Waals surface area contributed by atoms with Gasteiger partial charge >= 0.3 is 6.18 Å². The molecule has 0 radical (unpaired) electrons. The van der Waals surface area contributed by atoms with Crippen LogP contribution in [0.1, 0.15) is 22.5 Å². The second kappa shape index (κ2) is 4.95. The molecule has 0 aromatic carbocycles. The minimum Gasteiger partial charge on any atom is -0.461 e. The van der Waals surface area contributed by atoms with Gasteiger partial charge in [0.05, 0.1) is 0 Å². The number of nitrogens with zero attached hydrogens (tertiary/aromatic N) is 2. The maximum absolute atomic E-state index is 12.9. The Balaban J connectivity index is 1.63. The predicted molar refractivity (Wildman–Crippen MR) is 74.8 cm³/mol. The Bertz CT molecular complexity index is 771. The summed E-state index contributed by atoms with van der Waals surface area (Å²) < 4.78 is 43.8. The van der Waals surface area contributed by atoms with Crippen molar-refractivity contribution < 1.29 is 22.4 Å². The number of amides is 1. The minimum atomic E-state index is -4.53. The number of carbonyl (C=O) groups is 1. The summed E-state index contributed by atoms with van der Waals surface area (Å²) in [7, 11) is 0. The Morgan fingerprint density at radius 2 is 2.22 bits per heavy atom. The smallest absolute Gasteiger partial charge is 0.420 e. The molecule has 3 atom stereocenters. The van der Waals surface area contributed by atoms with E-state index >= 15 is 0 Å². The monoisotopic (exact) mass is 325 g/mol. The molecule has 122 valence electrons. The van der Waals surface area contributed by atoms with Gasteiger partial charge in [0.25, 0.3) is 5.91 Å². The van der Waals surface area contributed by atoms with Crippen LogP contribution in [-0.4, -0.2) is 41.5 Å². The van der Waals surface area contributed by atoms with Crippen LogP contribution in [0.15, 0.2) is 22.9 Å². The third-order valence-electron chi connectivity index (χ3n) is 4.66. The van der Waals surface area contributed by atoms with E-state index < -0.39 is 17.6 Å². The number of furan rings is 1. The third kappa shape index (κ3) is 2.37. The molecule has 4 rings (SSSR count). The van der Waals surface area contributed by atoms with Gasteiger partial charge in [-0.3, -0.25) is 4.79 Å². The average Bonchev–Trinajstić information content (AvgIpc) is 3.20. The van der Waals surface area contributed by atoms with E-state index in [-0.39, 0.29) is 22.7 Å². The zero-order valence-electron chi connectivity index (χ0n) is 12.1. The molecule has 2 fully saturated rings. The second-order valence-corrected chi connectivity index (χ2v) is 6.07. The summed E-state index contributed by atoms with van der Waals surface area (Å²) in [6, 6.07) is 1.23. The Hall–Kier alpha value is -2.09. The van der Waals surface area contributed by atoms with E-state index in [1.54, 1.807) is 0 Å². The van der Waals surface area contributed by atoms with Crippen molar-refractivity contribution in [3.05, 3.63) is 29.8 Å². The maximum atomic E-state index is 12.9. The average molecular weight is 325 g/mol. The number of pyridine rings is 1. The van der Waals surface area contributed by atoms with Crippen molar-refractivity contribution in [1.29, 1.82) is 0 Å². The number of alkyl halides is 3. The molecule has 1 N–H and O–H groups in total. The predicted octanol–water partition coefficient (Wildman–Crippen LogP) is 2.28. The lowest BCUT2D eigenvalue weighted by molar-refractivity contribution is -0.136. The Kier molecular flexibility index (Phi) is 3.12. The van der Waals surface area contributed by atoms with Gasteiger partial charge in [-0.1, -0.05) is 0 Å². The maximum Gasteiger partial charge on any atom is 0.420 e. The zero-order chi connectivity index (χ0) is 16.2. The normalized spacial score (nSPS) is 26.8. The molecule has 2 saturated heterocycles. The van der Waals surface area contributed by atoms with E-state index in [9.17, 15) is 18.0 Å². The lowest BCUT2D eigenvalue weighted by atomic mass is 10.00. The number of fused-ring (bicyclic) bond motifs is 3. The van der Waals surface area contributed by atoms with E-state index in [1.165, 1.54) is 12.3 Å². The molecule has 4 heterocycles. The van der Waals surface area contributed by atoms with E-state index in [0.29, 0.717) is 12.2 Å². The SMILES string of the molecule is O=C(NC1CN2CC[C@H]1C2)c1nccc2c(C(F)(F)F)coc12. The molecule has 0 spiro atoms. The number of aromatic nitrogens is 1. The van der Waals surface area contributed by atoms with Gasteiger partial charge in [-0.15, -0.1) is 0 Å². The number of hydrogen-bond acceptors (Lipinski definition) is 4. The van der Waals surface area contributed by atoms with Crippen LogP contribution in [0.5, 0.6) is 0 Å². The van der Waals surface area contributed by atoms with Gasteiger partial charge in [0.1, 0.15) is 11.8 Å². The summed E-state index contributed by atoms with van der Waals surface area (Å²) in [5.41, 5.74) is -1.12. The summed E-state index contributed by atoms with van der Waals surface area (Å²) in [5, 5.41) is 2.74. The number of nitrogens with one attached hydrogen (secondary N) is 1. The van der Waals surface area contributed by atoms with Crippen LogP contribution in [0.2, 0.25) is 0 Å². The first-order valence-electron chi connectivity index (χ1n) is 7.40. The molecule has 2 aliphatic heterocycles. The molecule has 2 aliphatic rings. The van der Waals surface area contributed by atoms with Gasteiger partial charge in [-0.25, -0.2) is 4.98 Å². The molecule has 1 amide bonds. The van der Waals surface area contributed by atoms with Crippen molar-refractivity contribution in [2.24, 2.45) is 5.92 Å². The Morgan fingerprint density at radius 3 is 2.87 bits per heavy atom. The van der Waals surface area contributed by atoms with E-state index in [0.717, 1.165) is 26.1 Å². The molecule has 2 unspecified atom stereocenters.